The highest BCUT2D eigenvalue weighted by molar-refractivity contribution is 7.99. The second kappa shape index (κ2) is 5.48. The predicted molar refractivity (Wildman–Crippen MR) is 77.2 cm³/mol. The minimum Gasteiger partial charge on any atom is -0.486 e. The van der Waals surface area contributed by atoms with Gasteiger partial charge in [0.05, 0.1) is 0 Å². The van der Waals surface area contributed by atoms with Crippen LogP contribution in [0.3, 0.4) is 0 Å². The molecule has 112 valence electrons. The fourth-order valence-corrected chi connectivity index (χ4v) is 3.69. The summed E-state index contributed by atoms with van der Waals surface area (Å²) in [6.07, 6.45) is 0.434. The molecule has 0 radical (unpaired) electrons. The number of hydrogen-bond acceptors (Lipinski definition) is 5. The summed E-state index contributed by atoms with van der Waals surface area (Å²) >= 11 is 1.53. The van der Waals surface area contributed by atoms with Crippen LogP contribution in [0.4, 0.5) is 0 Å². The summed E-state index contributed by atoms with van der Waals surface area (Å²) in [5.74, 6) is 0.836. The van der Waals surface area contributed by atoms with Crippen LogP contribution in [0.1, 0.15) is 16.8 Å². The lowest BCUT2D eigenvalue weighted by Crippen LogP contribution is -2.54. The third kappa shape index (κ3) is 2.65. The van der Waals surface area contributed by atoms with E-state index in [4.69, 9.17) is 9.47 Å². The lowest BCUT2D eigenvalue weighted by atomic mass is 9.98. The van der Waals surface area contributed by atoms with Gasteiger partial charge in [0, 0.05) is 11.3 Å². The monoisotopic (exact) mass is 309 g/mol. The molecule has 2 heterocycles. The Balaban J connectivity index is 1.80. The topological polar surface area (TPSA) is 84.9 Å². The molecule has 0 bridgehead atoms. The molecule has 0 aliphatic carbocycles. The summed E-state index contributed by atoms with van der Waals surface area (Å²) in [4.78, 5) is 23.8. The number of carboxylic acids is 1. The van der Waals surface area contributed by atoms with Gasteiger partial charge in [-0.1, -0.05) is 0 Å². The first-order valence-electron chi connectivity index (χ1n) is 6.64. The summed E-state index contributed by atoms with van der Waals surface area (Å²) in [7, 11) is 0. The third-order valence-corrected chi connectivity index (χ3v) is 4.78. The molecule has 0 spiro atoms. The van der Waals surface area contributed by atoms with E-state index in [1.54, 1.807) is 18.2 Å². The van der Waals surface area contributed by atoms with E-state index in [1.807, 2.05) is 0 Å². The molecular formula is C14H15NO5S. The Morgan fingerprint density at radius 1 is 1.24 bits per heavy atom. The van der Waals surface area contributed by atoms with Crippen molar-refractivity contribution in [3.8, 4) is 11.5 Å². The first-order chi connectivity index (χ1) is 10.1. The van der Waals surface area contributed by atoms with Gasteiger partial charge < -0.3 is 19.9 Å². The van der Waals surface area contributed by atoms with Crippen LogP contribution in [-0.2, 0) is 4.79 Å². The molecule has 2 aliphatic rings. The molecule has 0 saturated carbocycles. The number of rotatable bonds is 3. The van der Waals surface area contributed by atoms with E-state index in [0.717, 1.165) is 5.75 Å². The number of carbonyl (C=O) groups excluding carboxylic acids is 1. The van der Waals surface area contributed by atoms with Gasteiger partial charge in [-0.15, -0.1) is 0 Å². The highest BCUT2D eigenvalue weighted by Gasteiger charge is 2.43. The normalized spacial score (nSPS) is 23.6. The Kier molecular flexibility index (Phi) is 3.67. The van der Waals surface area contributed by atoms with Gasteiger partial charge in [-0.25, -0.2) is 4.79 Å². The SMILES string of the molecule is O=C(N[C@]1(C(=O)O)CCSC1)c1ccc2c(c1)OCCO2. The number of fused-ring (bicyclic) bond motifs is 1. The zero-order chi connectivity index (χ0) is 14.9. The molecule has 0 unspecified atom stereocenters. The van der Waals surface area contributed by atoms with Crippen molar-refractivity contribution in [2.75, 3.05) is 24.7 Å². The van der Waals surface area contributed by atoms with Gasteiger partial charge in [0.2, 0.25) is 0 Å². The van der Waals surface area contributed by atoms with Crippen molar-refractivity contribution in [2.24, 2.45) is 0 Å². The van der Waals surface area contributed by atoms with Gasteiger partial charge in [0.15, 0.2) is 11.5 Å². The number of amides is 1. The van der Waals surface area contributed by atoms with Gasteiger partial charge in [0.1, 0.15) is 18.8 Å². The van der Waals surface area contributed by atoms with Crippen molar-refractivity contribution in [1.82, 2.24) is 5.32 Å². The molecule has 21 heavy (non-hydrogen) atoms. The van der Waals surface area contributed by atoms with Crippen molar-refractivity contribution in [2.45, 2.75) is 12.0 Å². The average Bonchev–Trinajstić information content (AvgIpc) is 2.96. The molecule has 7 heteroatoms. The summed E-state index contributed by atoms with van der Waals surface area (Å²) in [5.41, 5.74) is -0.800. The highest BCUT2D eigenvalue weighted by Crippen LogP contribution is 2.32. The smallest absolute Gasteiger partial charge is 0.330 e. The second-order valence-electron chi connectivity index (χ2n) is 5.00. The zero-order valence-electron chi connectivity index (χ0n) is 11.3. The molecule has 1 saturated heterocycles. The average molecular weight is 309 g/mol. The van der Waals surface area contributed by atoms with Gasteiger partial charge in [-0.05, 0) is 30.4 Å². The number of carboxylic acid groups (broad SMARTS) is 1. The lowest BCUT2D eigenvalue weighted by molar-refractivity contribution is -0.143. The Bertz CT molecular complexity index is 583. The maximum atomic E-state index is 12.3. The van der Waals surface area contributed by atoms with E-state index >= 15 is 0 Å². The van der Waals surface area contributed by atoms with Crippen LogP contribution < -0.4 is 14.8 Å². The number of ether oxygens (including phenoxy) is 2. The van der Waals surface area contributed by atoms with E-state index in [9.17, 15) is 14.7 Å². The van der Waals surface area contributed by atoms with Crippen LogP contribution in [0.5, 0.6) is 11.5 Å². The summed E-state index contributed by atoms with van der Waals surface area (Å²) in [5, 5.41) is 12.0. The second-order valence-corrected chi connectivity index (χ2v) is 6.11. The first-order valence-corrected chi connectivity index (χ1v) is 7.79. The number of benzene rings is 1. The molecule has 1 aromatic rings. The van der Waals surface area contributed by atoms with Gasteiger partial charge in [-0.2, -0.15) is 11.8 Å². The van der Waals surface area contributed by atoms with Crippen LogP contribution in [0.15, 0.2) is 18.2 Å². The molecule has 6 nitrogen and oxygen atoms in total. The van der Waals surface area contributed by atoms with Crippen molar-refractivity contribution >= 4 is 23.6 Å². The number of thioether (sulfide) groups is 1. The number of nitrogens with one attached hydrogen (secondary N) is 1. The van der Waals surface area contributed by atoms with Crippen LogP contribution in [0.25, 0.3) is 0 Å². The van der Waals surface area contributed by atoms with Crippen LogP contribution >= 0.6 is 11.8 Å². The number of aliphatic carboxylic acids is 1. The van der Waals surface area contributed by atoms with Crippen molar-refractivity contribution < 1.29 is 24.2 Å². The van der Waals surface area contributed by atoms with E-state index in [2.05, 4.69) is 5.32 Å². The molecule has 1 aromatic carbocycles. The van der Waals surface area contributed by atoms with E-state index in [-0.39, 0.29) is 0 Å². The minimum absolute atomic E-state index is 0.372. The number of carbonyl (C=O) groups is 2. The Morgan fingerprint density at radius 2 is 2.00 bits per heavy atom. The maximum Gasteiger partial charge on any atom is 0.330 e. The molecule has 2 aliphatic heterocycles. The van der Waals surface area contributed by atoms with Crippen molar-refractivity contribution in [3.05, 3.63) is 23.8 Å². The minimum atomic E-state index is -1.17. The fraction of sp³-hybridized carbons (Fsp3) is 0.429. The Labute approximate surface area is 125 Å². The third-order valence-electron chi connectivity index (χ3n) is 3.59. The van der Waals surface area contributed by atoms with Crippen LogP contribution in [0.2, 0.25) is 0 Å². The fourth-order valence-electron chi connectivity index (χ4n) is 2.36. The largest absolute Gasteiger partial charge is 0.486 e. The van der Waals surface area contributed by atoms with Crippen molar-refractivity contribution in [1.29, 1.82) is 0 Å². The standard InChI is InChI=1S/C14H15NO5S/c16-12(15-14(13(17)18)3-6-21-8-14)9-1-2-10-11(7-9)20-5-4-19-10/h1-2,7H,3-6,8H2,(H,15,16)(H,17,18)/t14-/m1/s1. The van der Waals surface area contributed by atoms with Crippen LogP contribution in [0, 0.1) is 0 Å². The zero-order valence-corrected chi connectivity index (χ0v) is 12.1. The molecular weight excluding hydrogens is 294 g/mol. The molecule has 1 amide bonds. The first kappa shape index (κ1) is 14.1. The predicted octanol–water partition coefficient (Wildman–Crippen LogP) is 1.15. The van der Waals surface area contributed by atoms with Crippen molar-refractivity contribution in [3.63, 3.8) is 0 Å². The van der Waals surface area contributed by atoms with E-state index in [0.29, 0.717) is 42.4 Å². The van der Waals surface area contributed by atoms with Gasteiger partial charge >= 0.3 is 5.97 Å². The summed E-state index contributed by atoms with van der Waals surface area (Å²) in [6.45, 7) is 0.922. The maximum absolute atomic E-state index is 12.3. The van der Waals surface area contributed by atoms with Gasteiger partial charge in [0.25, 0.3) is 5.91 Å². The number of hydrogen-bond donors (Lipinski definition) is 2. The molecule has 1 fully saturated rings. The van der Waals surface area contributed by atoms with Crippen LogP contribution in [-0.4, -0.2) is 47.2 Å². The molecule has 2 N–H and O–H groups in total. The molecule has 0 aromatic heterocycles. The van der Waals surface area contributed by atoms with Gasteiger partial charge in [-0.3, -0.25) is 4.79 Å². The summed E-state index contributed by atoms with van der Waals surface area (Å²) < 4.78 is 10.8. The highest BCUT2D eigenvalue weighted by atomic mass is 32.2. The summed E-state index contributed by atoms with van der Waals surface area (Å²) in [6, 6.07) is 4.86. The quantitative estimate of drug-likeness (QED) is 0.871. The Hall–Kier alpha value is -1.89. The molecule has 3 rings (SSSR count). The van der Waals surface area contributed by atoms with E-state index < -0.39 is 17.4 Å². The lowest BCUT2D eigenvalue weighted by Gasteiger charge is -2.25. The van der Waals surface area contributed by atoms with E-state index in [1.165, 1.54) is 11.8 Å². The Morgan fingerprint density at radius 3 is 2.67 bits per heavy atom. The molecule has 1 atom stereocenters.